The van der Waals surface area contributed by atoms with Crippen molar-refractivity contribution in [2.45, 2.75) is 76.2 Å². The van der Waals surface area contributed by atoms with Crippen molar-refractivity contribution in [2.75, 3.05) is 9.80 Å². The summed E-state index contributed by atoms with van der Waals surface area (Å²) in [6.07, 6.45) is 43.2. The van der Waals surface area contributed by atoms with Crippen molar-refractivity contribution < 1.29 is 0 Å². The molecular formula is C47H45N5. The van der Waals surface area contributed by atoms with Gasteiger partial charge in [-0.15, -0.1) is 0 Å². The fourth-order valence-corrected chi connectivity index (χ4v) is 10.2. The highest BCUT2D eigenvalue weighted by Crippen LogP contribution is 2.56. The fraction of sp³-hybridized carbons (Fsp3) is 0.340. The SMILES string of the molecule is N#Cc1c(C2=CCC(C3CC=CCC3)C=C2)nc(N2C3=CCCC=C3C3CC4C(=CC32)N(c2ccccc2)C2=C4C=CCC2)nc1C1C=CC=CC1. The van der Waals surface area contributed by atoms with Crippen molar-refractivity contribution in [3.8, 4) is 6.07 Å². The molecule has 8 aliphatic rings. The third-order valence-electron chi connectivity index (χ3n) is 12.7. The first-order valence-corrected chi connectivity index (χ1v) is 19.6. The minimum atomic E-state index is 0.0315. The minimum absolute atomic E-state index is 0.0315. The van der Waals surface area contributed by atoms with Crippen LogP contribution < -0.4 is 9.80 Å². The van der Waals surface area contributed by atoms with Gasteiger partial charge < -0.3 is 9.80 Å². The molecule has 2 aliphatic heterocycles. The van der Waals surface area contributed by atoms with Gasteiger partial charge in [-0.25, -0.2) is 9.97 Å². The van der Waals surface area contributed by atoms with Gasteiger partial charge in [-0.2, -0.15) is 5.26 Å². The number of hydrogen-bond acceptors (Lipinski definition) is 5. The van der Waals surface area contributed by atoms with Gasteiger partial charge in [0.25, 0.3) is 0 Å². The van der Waals surface area contributed by atoms with Crippen molar-refractivity contribution in [3.05, 3.63) is 161 Å². The second-order valence-corrected chi connectivity index (χ2v) is 15.5. The van der Waals surface area contributed by atoms with Crippen molar-refractivity contribution >= 4 is 17.2 Å². The molecule has 1 aromatic heterocycles. The smallest absolute Gasteiger partial charge is 0.231 e. The molecule has 6 unspecified atom stereocenters. The van der Waals surface area contributed by atoms with Crippen molar-refractivity contribution in [1.82, 2.24) is 9.97 Å². The van der Waals surface area contributed by atoms with Crippen LogP contribution in [0.2, 0.25) is 0 Å². The highest BCUT2D eigenvalue weighted by molar-refractivity contribution is 5.78. The van der Waals surface area contributed by atoms with Gasteiger partial charge in [0.2, 0.25) is 5.95 Å². The van der Waals surface area contributed by atoms with Crippen LogP contribution in [-0.2, 0) is 0 Å². The van der Waals surface area contributed by atoms with E-state index in [1.807, 2.05) is 0 Å². The molecule has 5 heteroatoms. The van der Waals surface area contributed by atoms with Gasteiger partial charge in [0.05, 0.1) is 17.4 Å². The first-order chi connectivity index (χ1) is 25.8. The molecule has 0 bridgehead atoms. The van der Waals surface area contributed by atoms with E-state index in [1.54, 1.807) is 0 Å². The fourth-order valence-electron chi connectivity index (χ4n) is 10.2. The Kier molecular flexibility index (Phi) is 7.93. The molecular weight excluding hydrogens is 635 g/mol. The second kappa shape index (κ2) is 13.1. The Morgan fingerprint density at radius 1 is 0.827 bits per heavy atom. The average molecular weight is 680 g/mol. The highest BCUT2D eigenvalue weighted by atomic mass is 15.3. The summed E-state index contributed by atoms with van der Waals surface area (Å²) in [7, 11) is 0. The first kappa shape index (κ1) is 31.5. The van der Waals surface area contributed by atoms with E-state index in [0.29, 0.717) is 29.2 Å². The number of allylic oxidation sites excluding steroid dienone is 17. The molecule has 258 valence electrons. The molecule has 6 atom stereocenters. The van der Waals surface area contributed by atoms with Crippen LogP contribution in [-0.4, -0.2) is 16.0 Å². The molecule has 0 saturated carbocycles. The molecule has 0 radical (unpaired) electrons. The summed E-state index contributed by atoms with van der Waals surface area (Å²) in [4.78, 5) is 15.9. The number of benzene rings is 1. The summed E-state index contributed by atoms with van der Waals surface area (Å²) in [5.74, 6) is 2.69. The number of para-hydroxylation sites is 1. The van der Waals surface area contributed by atoms with Crippen LogP contribution in [0, 0.1) is 35.0 Å². The Labute approximate surface area is 307 Å². The number of fused-ring (bicyclic) bond motifs is 5. The predicted octanol–water partition coefficient (Wildman–Crippen LogP) is 10.7. The van der Waals surface area contributed by atoms with Gasteiger partial charge >= 0.3 is 0 Å². The molecule has 10 rings (SSSR count). The third-order valence-corrected chi connectivity index (χ3v) is 12.7. The summed E-state index contributed by atoms with van der Waals surface area (Å²) in [6, 6.07) is 13.6. The molecule has 0 N–H and O–H groups in total. The molecule has 1 aromatic carbocycles. The van der Waals surface area contributed by atoms with Crippen LogP contribution in [0.1, 0.15) is 87.1 Å². The third kappa shape index (κ3) is 5.18. The Hall–Kier alpha value is -5.21. The summed E-state index contributed by atoms with van der Waals surface area (Å²) in [5.41, 5.74) is 11.6. The topological polar surface area (TPSA) is 56.1 Å². The molecule has 52 heavy (non-hydrogen) atoms. The van der Waals surface area contributed by atoms with Gasteiger partial charge in [0, 0.05) is 40.5 Å². The monoisotopic (exact) mass is 679 g/mol. The van der Waals surface area contributed by atoms with Gasteiger partial charge in [-0.05, 0) is 111 Å². The molecule has 6 aliphatic carbocycles. The quantitative estimate of drug-likeness (QED) is 0.295. The standard InChI is InChI=1S/C47H45N5/c48-30-40-45(33-16-6-2-7-17-33)49-47(50-46(40)34-26-24-32(25-27-34)31-14-4-1-5-15-31)52-42-23-13-11-21-37(42)39-28-38-36-20-10-12-22-41(36)51(43(38)29-44(39)52)35-18-8-3-9-19-35/h1-4,6-10,16,18-21,23-24,26-27,29,31-33,38-39,44H,5,11-15,17,22,25,28H2. The van der Waals surface area contributed by atoms with E-state index in [2.05, 4.69) is 131 Å². The Bertz CT molecular complexity index is 2160. The van der Waals surface area contributed by atoms with E-state index in [4.69, 9.17) is 9.97 Å². The van der Waals surface area contributed by atoms with Crippen LogP contribution in [0.15, 0.2) is 144 Å². The van der Waals surface area contributed by atoms with E-state index in [-0.39, 0.29) is 12.0 Å². The summed E-state index contributed by atoms with van der Waals surface area (Å²) < 4.78 is 0. The number of nitriles is 1. The number of rotatable bonds is 5. The number of nitrogens with zero attached hydrogens (tertiary/aromatic N) is 5. The highest BCUT2D eigenvalue weighted by Gasteiger charge is 2.50. The largest absolute Gasteiger partial charge is 0.317 e. The van der Waals surface area contributed by atoms with Crippen LogP contribution in [0.3, 0.4) is 0 Å². The number of aromatic nitrogens is 2. The molecule has 0 amide bonds. The van der Waals surface area contributed by atoms with Crippen LogP contribution >= 0.6 is 0 Å². The van der Waals surface area contributed by atoms with Crippen LogP contribution in [0.4, 0.5) is 11.6 Å². The van der Waals surface area contributed by atoms with Gasteiger partial charge in [0.1, 0.15) is 11.6 Å². The lowest BCUT2D eigenvalue weighted by Gasteiger charge is -2.35. The van der Waals surface area contributed by atoms with E-state index in [0.717, 1.165) is 74.3 Å². The summed E-state index contributed by atoms with van der Waals surface area (Å²) >= 11 is 0. The van der Waals surface area contributed by atoms with Gasteiger partial charge in [-0.1, -0.05) is 97.2 Å². The van der Waals surface area contributed by atoms with Gasteiger partial charge in [-0.3, -0.25) is 0 Å². The molecule has 1 fully saturated rings. The lowest BCUT2D eigenvalue weighted by Crippen LogP contribution is -2.37. The Balaban J connectivity index is 1.11. The Morgan fingerprint density at radius 3 is 2.56 bits per heavy atom. The van der Waals surface area contributed by atoms with Crippen molar-refractivity contribution in [1.29, 1.82) is 5.26 Å². The predicted molar refractivity (Wildman–Crippen MR) is 210 cm³/mol. The van der Waals surface area contributed by atoms with Gasteiger partial charge in [0.15, 0.2) is 0 Å². The van der Waals surface area contributed by atoms with Crippen molar-refractivity contribution in [2.24, 2.45) is 23.7 Å². The zero-order valence-electron chi connectivity index (χ0n) is 29.7. The zero-order chi connectivity index (χ0) is 34.6. The summed E-state index contributed by atoms with van der Waals surface area (Å²) in [6.45, 7) is 0. The normalized spacial score (nSPS) is 29.8. The first-order valence-electron chi connectivity index (χ1n) is 19.6. The number of hydrogen-bond donors (Lipinski definition) is 0. The maximum absolute atomic E-state index is 10.8. The molecule has 0 spiro atoms. The van der Waals surface area contributed by atoms with Crippen molar-refractivity contribution in [3.63, 3.8) is 0 Å². The van der Waals surface area contributed by atoms with E-state index < -0.39 is 0 Å². The average Bonchev–Trinajstić information content (AvgIpc) is 3.72. The second-order valence-electron chi connectivity index (χ2n) is 15.5. The summed E-state index contributed by atoms with van der Waals surface area (Å²) in [5, 5.41) is 10.8. The minimum Gasteiger partial charge on any atom is -0.317 e. The van der Waals surface area contributed by atoms with E-state index in [1.165, 1.54) is 46.8 Å². The number of anilines is 2. The van der Waals surface area contributed by atoms with E-state index >= 15 is 0 Å². The van der Waals surface area contributed by atoms with Crippen LogP contribution in [0.5, 0.6) is 0 Å². The molecule has 1 saturated heterocycles. The maximum Gasteiger partial charge on any atom is 0.231 e. The van der Waals surface area contributed by atoms with Crippen LogP contribution in [0.25, 0.3) is 5.57 Å². The lowest BCUT2D eigenvalue weighted by molar-refractivity contribution is 0.365. The lowest BCUT2D eigenvalue weighted by atomic mass is 9.76. The maximum atomic E-state index is 10.8. The molecule has 5 nitrogen and oxygen atoms in total. The Morgan fingerprint density at radius 2 is 1.75 bits per heavy atom. The van der Waals surface area contributed by atoms with E-state index in [9.17, 15) is 5.26 Å². The molecule has 2 aromatic rings. The zero-order valence-corrected chi connectivity index (χ0v) is 29.7. The molecule has 3 heterocycles.